The van der Waals surface area contributed by atoms with Gasteiger partial charge in [0, 0.05) is 12.1 Å². The number of likely N-dealkylation sites (tertiary alicyclic amines) is 1. The summed E-state index contributed by atoms with van der Waals surface area (Å²) in [6, 6.07) is 0.778. The number of piperidine rings is 1. The minimum atomic E-state index is -0.00853. The third kappa shape index (κ3) is 7.12. The average molecular weight is 299 g/mol. The topological polar surface area (TPSA) is 49.5 Å². The molecule has 0 radical (unpaired) electrons. The summed E-state index contributed by atoms with van der Waals surface area (Å²) in [4.78, 5) is 2.71. The van der Waals surface area contributed by atoms with Crippen LogP contribution in [0.3, 0.4) is 0 Å². The first kappa shape index (κ1) is 18.9. The van der Waals surface area contributed by atoms with Gasteiger partial charge < -0.3 is 15.7 Å². The second-order valence-corrected chi connectivity index (χ2v) is 6.87. The van der Waals surface area contributed by atoms with Gasteiger partial charge in [-0.2, -0.15) is 0 Å². The normalized spacial score (nSPS) is 19.3. The monoisotopic (exact) mass is 298 g/mol. The van der Waals surface area contributed by atoms with E-state index in [1.54, 1.807) is 0 Å². The number of hydrogen-bond acceptors (Lipinski definition) is 3. The van der Waals surface area contributed by atoms with E-state index in [-0.39, 0.29) is 12.6 Å². The Morgan fingerprint density at radius 1 is 1.00 bits per heavy atom. The Morgan fingerprint density at radius 3 is 1.95 bits per heavy atom. The summed E-state index contributed by atoms with van der Waals surface area (Å²) in [7, 11) is 0. The zero-order valence-corrected chi connectivity index (χ0v) is 14.4. The molecule has 1 aliphatic heterocycles. The van der Waals surface area contributed by atoms with Crippen LogP contribution >= 0.6 is 0 Å². The van der Waals surface area contributed by atoms with E-state index in [1.807, 2.05) is 0 Å². The van der Waals surface area contributed by atoms with Crippen LogP contribution in [0.1, 0.15) is 78.1 Å². The number of unbranched alkanes of at least 4 members (excludes halogenated alkanes) is 4. The largest absolute Gasteiger partial charge is 0.395 e. The molecule has 1 heterocycles. The van der Waals surface area contributed by atoms with Gasteiger partial charge in [-0.3, -0.25) is 0 Å². The Morgan fingerprint density at radius 2 is 1.52 bits per heavy atom. The van der Waals surface area contributed by atoms with Crippen LogP contribution in [0.5, 0.6) is 0 Å². The number of aliphatic hydroxyl groups excluding tert-OH is 1. The van der Waals surface area contributed by atoms with E-state index in [9.17, 15) is 5.11 Å². The molecule has 0 amide bonds. The highest BCUT2D eigenvalue weighted by Gasteiger charge is 2.27. The van der Waals surface area contributed by atoms with Gasteiger partial charge in [-0.05, 0) is 44.7 Å². The zero-order chi connectivity index (χ0) is 15.5. The van der Waals surface area contributed by atoms with Crippen LogP contribution in [0.15, 0.2) is 0 Å². The fraction of sp³-hybridized carbons (Fsp3) is 1.00. The Hall–Kier alpha value is -0.120. The predicted octanol–water partition coefficient (Wildman–Crippen LogP) is 3.55. The maximum absolute atomic E-state index is 9.21. The molecule has 3 heteroatoms. The van der Waals surface area contributed by atoms with Crippen LogP contribution in [-0.4, -0.2) is 41.8 Å². The highest BCUT2D eigenvalue weighted by Crippen LogP contribution is 2.25. The maximum atomic E-state index is 9.21. The standard InChI is InChI=1S/C18H38N2O/c1-3-5-7-9-17(10-8-6-4-2)20-13-11-16(12-14-20)18(19)15-21/h16-18,21H,3-15,19H2,1-2H3. The first-order valence-electron chi connectivity index (χ1n) is 9.33. The first-order chi connectivity index (χ1) is 10.2. The van der Waals surface area contributed by atoms with E-state index >= 15 is 0 Å². The highest BCUT2D eigenvalue weighted by atomic mass is 16.3. The van der Waals surface area contributed by atoms with Gasteiger partial charge in [-0.25, -0.2) is 0 Å². The van der Waals surface area contributed by atoms with E-state index in [2.05, 4.69) is 18.7 Å². The van der Waals surface area contributed by atoms with Crippen LogP contribution in [0.4, 0.5) is 0 Å². The molecule has 1 aliphatic rings. The Bertz CT molecular complexity index is 229. The van der Waals surface area contributed by atoms with Crippen LogP contribution < -0.4 is 5.73 Å². The fourth-order valence-electron chi connectivity index (χ4n) is 3.63. The van der Waals surface area contributed by atoms with Crippen molar-refractivity contribution in [1.29, 1.82) is 0 Å². The lowest BCUT2D eigenvalue weighted by atomic mass is 9.88. The second-order valence-electron chi connectivity index (χ2n) is 6.87. The summed E-state index contributed by atoms with van der Waals surface area (Å²) in [5, 5.41) is 9.21. The predicted molar refractivity (Wildman–Crippen MR) is 91.4 cm³/mol. The number of aliphatic hydroxyl groups is 1. The van der Waals surface area contributed by atoms with Crippen molar-refractivity contribution in [3.8, 4) is 0 Å². The summed E-state index contributed by atoms with van der Waals surface area (Å²) in [5.41, 5.74) is 6.00. The second kappa shape index (κ2) is 11.4. The van der Waals surface area contributed by atoms with Crippen molar-refractivity contribution in [2.45, 2.75) is 90.1 Å². The molecule has 0 aromatic heterocycles. The lowest BCUT2D eigenvalue weighted by molar-refractivity contribution is 0.0964. The number of rotatable bonds is 11. The summed E-state index contributed by atoms with van der Waals surface area (Å²) < 4.78 is 0. The fourth-order valence-corrected chi connectivity index (χ4v) is 3.63. The van der Waals surface area contributed by atoms with Crippen molar-refractivity contribution < 1.29 is 5.11 Å². The summed E-state index contributed by atoms with van der Waals surface area (Å²) in [5.74, 6) is 0.526. The van der Waals surface area contributed by atoms with E-state index in [0.29, 0.717) is 5.92 Å². The average Bonchev–Trinajstić information content (AvgIpc) is 2.53. The quantitative estimate of drug-likeness (QED) is 0.574. The Labute approximate surface area is 132 Å². The number of nitrogens with zero attached hydrogens (tertiary/aromatic N) is 1. The van der Waals surface area contributed by atoms with Gasteiger partial charge in [0.15, 0.2) is 0 Å². The molecule has 0 aromatic rings. The molecular formula is C18H38N2O. The van der Waals surface area contributed by atoms with Crippen molar-refractivity contribution in [2.75, 3.05) is 19.7 Å². The van der Waals surface area contributed by atoms with Crippen LogP contribution in [-0.2, 0) is 0 Å². The molecule has 1 unspecified atom stereocenters. The van der Waals surface area contributed by atoms with Crippen molar-refractivity contribution in [2.24, 2.45) is 11.7 Å². The number of hydrogen-bond donors (Lipinski definition) is 2. The van der Waals surface area contributed by atoms with Crippen LogP contribution in [0.2, 0.25) is 0 Å². The van der Waals surface area contributed by atoms with Crippen molar-refractivity contribution in [3.63, 3.8) is 0 Å². The molecule has 1 atom stereocenters. The van der Waals surface area contributed by atoms with E-state index in [1.165, 1.54) is 77.3 Å². The lowest BCUT2D eigenvalue weighted by Crippen LogP contribution is -2.46. The van der Waals surface area contributed by atoms with Gasteiger partial charge in [0.2, 0.25) is 0 Å². The zero-order valence-electron chi connectivity index (χ0n) is 14.4. The van der Waals surface area contributed by atoms with E-state index in [4.69, 9.17) is 5.73 Å². The molecule has 126 valence electrons. The minimum Gasteiger partial charge on any atom is -0.395 e. The smallest absolute Gasteiger partial charge is 0.0585 e. The molecule has 0 aliphatic carbocycles. The molecule has 3 nitrogen and oxygen atoms in total. The van der Waals surface area contributed by atoms with Crippen molar-refractivity contribution >= 4 is 0 Å². The van der Waals surface area contributed by atoms with Crippen molar-refractivity contribution in [3.05, 3.63) is 0 Å². The molecule has 1 rings (SSSR count). The lowest BCUT2D eigenvalue weighted by Gasteiger charge is -2.39. The van der Waals surface area contributed by atoms with E-state index in [0.717, 1.165) is 6.04 Å². The molecule has 1 fully saturated rings. The van der Waals surface area contributed by atoms with Gasteiger partial charge >= 0.3 is 0 Å². The third-order valence-electron chi connectivity index (χ3n) is 5.19. The third-order valence-corrected chi connectivity index (χ3v) is 5.19. The first-order valence-corrected chi connectivity index (χ1v) is 9.33. The van der Waals surface area contributed by atoms with Crippen LogP contribution in [0.25, 0.3) is 0 Å². The Kier molecular flexibility index (Phi) is 10.3. The summed E-state index contributed by atoms with van der Waals surface area (Å²) in [6.07, 6.45) is 13.2. The molecule has 1 saturated heterocycles. The van der Waals surface area contributed by atoms with Gasteiger partial charge in [0.1, 0.15) is 0 Å². The summed E-state index contributed by atoms with van der Waals surface area (Å²) in [6.45, 7) is 7.07. The highest BCUT2D eigenvalue weighted by molar-refractivity contribution is 4.83. The molecule has 0 aromatic carbocycles. The molecule has 21 heavy (non-hydrogen) atoms. The maximum Gasteiger partial charge on any atom is 0.0585 e. The molecular weight excluding hydrogens is 260 g/mol. The molecule has 0 spiro atoms. The minimum absolute atomic E-state index is 0.00853. The van der Waals surface area contributed by atoms with Crippen molar-refractivity contribution in [1.82, 2.24) is 4.90 Å². The van der Waals surface area contributed by atoms with Crippen LogP contribution in [0, 0.1) is 5.92 Å². The van der Waals surface area contributed by atoms with E-state index < -0.39 is 0 Å². The molecule has 0 bridgehead atoms. The molecule has 3 N–H and O–H groups in total. The Balaban J connectivity index is 2.39. The van der Waals surface area contributed by atoms with Gasteiger partial charge in [0.05, 0.1) is 6.61 Å². The number of nitrogens with two attached hydrogens (primary N) is 1. The molecule has 0 saturated carbocycles. The summed E-state index contributed by atoms with van der Waals surface area (Å²) >= 11 is 0. The SMILES string of the molecule is CCCCCC(CCCCC)N1CCC(C(N)CO)CC1. The van der Waals surface area contributed by atoms with Gasteiger partial charge in [-0.1, -0.05) is 52.4 Å². The van der Waals surface area contributed by atoms with Gasteiger partial charge in [0.25, 0.3) is 0 Å². The van der Waals surface area contributed by atoms with Gasteiger partial charge in [-0.15, -0.1) is 0 Å².